The van der Waals surface area contributed by atoms with Crippen molar-refractivity contribution in [1.29, 1.82) is 0 Å². The molecule has 7 heteroatoms. The minimum Gasteiger partial charge on any atom is -0.484 e. The van der Waals surface area contributed by atoms with Crippen LogP contribution in [0, 0.1) is 0 Å². The van der Waals surface area contributed by atoms with Crippen molar-refractivity contribution >= 4 is 22.4 Å². The quantitative estimate of drug-likeness (QED) is 0.678. The molecular formula is C12H19N5OS. The summed E-state index contributed by atoms with van der Waals surface area (Å²) in [6.45, 7) is 4.77. The molecule has 0 radical (unpaired) electrons. The minimum atomic E-state index is 0.0855. The molecule has 0 bridgehead atoms. The van der Waals surface area contributed by atoms with Gasteiger partial charge in [-0.15, -0.1) is 0 Å². The first kappa shape index (κ1) is 13.7. The van der Waals surface area contributed by atoms with E-state index in [1.807, 2.05) is 20.0 Å². The Morgan fingerprint density at radius 2 is 2.37 bits per heavy atom. The molecule has 0 unspecified atom stereocenters. The summed E-state index contributed by atoms with van der Waals surface area (Å²) in [6, 6.07) is 0. The van der Waals surface area contributed by atoms with Gasteiger partial charge in [0.25, 0.3) is 0 Å². The van der Waals surface area contributed by atoms with E-state index >= 15 is 0 Å². The zero-order chi connectivity index (χ0) is 13.7. The fourth-order valence-corrected chi connectivity index (χ4v) is 2.32. The van der Waals surface area contributed by atoms with Gasteiger partial charge in [0.2, 0.25) is 0 Å². The molecule has 2 rings (SSSR count). The number of nitrogens with one attached hydrogen (secondary N) is 2. The number of aryl methyl sites for hydroxylation is 1. The molecule has 0 aromatic carbocycles. The van der Waals surface area contributed by atoms with E-state index in [9.17, 15) is 0 Å². The lowest BCUT2D eigenvalue weighted by Gasteiger charge is -2.11. The van der Waals surface area contributed by atoms with Crippen LogP contribution in [0.2, 0.25) is 0 Å². The number of imidazole rings is 1. The summed E-state index contributed by atoms with van der Waals surface area (Å²) >= 11 is 1.33. The van der Waals surface area contributed by atoms with Gasteiger partial charge >= 0.3 is 0 Å². The van der Waals surface area contributed by atoms with Crippen LogP contribution in [0.15, 0.2) is 12.4 Å². The number of aromatic nitrogens is 3. The summed E-state index contributed by atoms with van der Waals surface area (Å²) in [7, 11) is 0. The van der Waals surface area contributed by atoms with Crippen LogP contribution in [0.4, 0.5) is 10.8 Å². The van der Waals surface area contributed by atoms with Crippen molar-refractivity contribution in [1.82, 2.24) is 14.3 Å². The molecule has 0 saturated heterocycles. The van der Waals surface area contributed by atoms with Gasteiger partial charge in [-0.2, -0.15) is 4.37 Å². The molecule has 4 N–H and O–H groups in total. The average Bonchev–Trinajstić information content (AvgIpc) is 2.98. The van der Waals surface area contributed by atoms with Gasteiger partial charge in [0.05, 0.1) is 6.10 Å². The number of nitrogen functional groups attached to an aromatic ring is 1. The second-order valence-electron chi connectivity index (χ2n) is 4.46. The Hall–Kier alpha value is -1.76. The van der Waals surface area contributed by atoms with Crippen LogP contribution in [0.5, 0.6) is 5.75 Å². The number of rotatable bonds is 7. The number of anilines is 2. The van der Waals surface area contributed by atoms with Gasteiger partial charge < -0.3 is 20.8 Å². The van der Waals surface area contributed by atoms with E-state index < -0.39 is 0 Å². The van der Waals surface area contributed by atoms with Gasteiger partial charge in [-0.3, -0.25) is 0 Å². The topological polar surface area (TPSA) is 88.8 Å². The molecule has 0 amide bonds. The molecule has 0 saturated carbocycles. The first-order valence-corrected chi connectivity index (χ1v) is 7.08. The number of ether oxygens (including phenoxy) is 1. The maximum absolute atomic E-state index is 5.79. The first-order valence-electron chi connectivity index (χ1n) is 6.30. The fraction of sp³-hybridized carbons (Fsp3) is 0.500. The standard InChI is InChI=1S/C12H19N5OS/c1-8(2)18-10-11(13)17-19-12(10)16-5-3-4-9-14-6-7-15-9/h6-8,16H,3-5H2,1-2H3,(H2,13,17)(H,14,15). The lowest BCUT2D eigenvalue weighted by Crippen LogP contribution is -2.09. The minimum absolute atomic E-state index is 0.0855. The van der Waals surface area contributed by atoms with E-state index in [1.165, 1.54) is 11.5 Å². The summed E-state index contributed by atoms with van der Waals surface area (Å²) in [6.07, 6.45) is 5.58. The van der Waals surface area contributed by atoms with E-state index in [0.29, 0.717) is 11.6 Å². The highest BCUT2D eigenvalue weighted by Gasteiger charge is 2.13. The van der Waals surface area contributed by atoms with Crippen LogP contribution in [0.25, 0.3) is 0 Å². The predicted molar refractivity (Wildman–Crippen MR) is 77.7 cm³/mol. The number of aromatic amines is 1. The molecule has 0 aliphatic rings. The molecule has 2 heterocycles. The van der Waals surface area contributed by atoms with E-state index in [0.717, 1.165) is 30.2 Å². The van der Waals surface area contributed by atoms with Crippen LogP contribution in [0.1, 0.15) is 26.1 Å². The normalized spacial score (nSPS) is 10.9. The zero-order valence-electron chi connectivity index (χ0n) is 11.1. The molecular weight excluding hydrogens is 262 g/mol. The summed E-state index contributed by atoms with van der Waals surface area (Å²) in [5.74, 6) is 2.12. The van der Waals surface area contributed by atoms with Gasteiger partial charge in [-0.05, 0) is 31.8 Å². The molecule has 0 aliphatic carbocycles. The van der Waals surface area contributed by atoms with Crippen LogP contribution in [-0.4, -0.2) is 27.0 Å². The van der Waals surface area contributed by atoms with Crippen molar-refractivity contribution in [2.75, 3.05) is 17.6 Å². The van der Waals surface area contributed by atoms with Crippen molar-refractivity contribution in [3.63, 3.8) is 0 Å². The Morgan fingerprint density at radius 1 is 1.53 bits per heavy atom. The van der Waals surface area contributed by atoms with Crippen molar-refractivity contribution in [2.45, 2.75) is 32.8 Å². The smallest absolute Gasteiger partial charge is 0.197 e. The van der Waals surface area contributed by atoms with Crippen molar-refractivity contribution < 1.29 is 4.74 Å². The summed E-state index contributed by atoms with van der Waals surface area (Å²) in [5.41, 5.74) is 5.79. The molecule has 0 fully saturated rings. The second-order valence-corrected chi connectivity index (χ2v) is 5.23. The number of hydrogen-bond acceptors (Lipinski definition) is 6. The van der Waals surface area contributed by atoms with E-state index in [-0.39, 0.29) is 6.10 Å². The summed E-state index contributed by atoms with van der Waals surface area (Å²) in [5, 5.41) is 4.21. The highest BCUT2D eigenvalue weighted by molar-refractivity contribution is 7.11. The Morgan fingerprint density at radius 3 is 3.05 bits per heavy atom. The molecule has 0 spiro atoms. The first-order chi connectivity index (χ1) is 9.16. The van der Waals surface area contributed by atoms with Crippen LogP contribution < -0.4 is 15.8 Å². The van der Waals surface area contributed by atoms with E-state index in [1.54, 1.807) is 6.20 Å². The van der Waals surface area contributed by atoms with Crippen LogP contribution in [0.3, 0.4) is 0 Å². The molecule has 0 aliphatic heterocycles. The second kappa shape index (κ2) is 6.42. The third kappa shape index (κ3) is 3.85. The van der Waals surface area contributed by atoms with Gasteiger partial charge in [-0.1, -0.05) is 0 Å². The third-order valence-electron chi connectivity index (χ3n) is 2.46. The third-order valence-corrected chi connectivity index (χ3v) is 3.26. The Balaban J connectivity index is 1.82. The molecule has 6 nitrogen and oxygen atoms in total. The average molecular weight is 281 g/mol. The van der Waals surface area contributed by atoms with E-state index in [4.69, 9.17) is 10.5 Å². The molecule has 2 aromatic rings. The largest absolute Gasteiger partial charge is 0.484 e. The fourth-order valence-electron chi connectivity index (χ4n) is 1.65. The highest BCUT2D eigenvalue weighted by atomic mass is 32.1. The number of hydrogen-bond donors (Lipinski definition) is 3. The maximum atomic E-state index is 5.79. The monoisotopic (exact) mass is 281 g/mol. The number of H-pyrrole nitrogens is 1. The lowest BCUT2D eigenvalue weighted by atomic mass is 10.3. The summed E-state index contributed by atoms with van der Waals surface area (Å²) < 4.78 is 9.77. The molecule has 104 valence electrons. The number of nitrogens with zero attached hydrogens (tertiary/aromatic N) is 2. The Labute approximate surface area is 116 Å². The van der Waals surface area contributed by atoms with Crippen LogP contribution in [-0.2, 0) is 6.42 Å². The van der Waals surface area contributed by atoms with Crippen molar-refractivity contribution in [3.05, 3.63) is 18.2 Å². The molecule has 19 heavy (non-hydrogen) atoms. The van der Waals surface area contributed by atoms with Gasteiger partial charge in [-0.25, -0.2) is 4.98 Å². The van der Waals surface area contributed by atoms with Gasteiger partial charge in [0.1, 0.15) is 5.82 Å². The molecule has 2 aromatic heterocycles. The highest BCUT2D eigenvalue weighted by Crippen LogP contribution is 2.35. The maximum Gasteiger partial charge on any atom is 0.197 e. The van der Waals surface area contributed by atoms with Crippen molar-refractivity contribution in [2.24, 2.45) is 0 Å². The van der Waals surface area contributed by atoms with Gasteiger partial charge in [0.15, 0.2) is 16.6 Å². The Bertz CT molecular complexity index is 494. The predicted octanol–water partition coefficient (Wildman–Crippen LogP) is 2.28. The summed E-state index contributed by atoms with van der Waals surface area (Å²) in [4.78, 5) is 7.27. The SMILES string of the molecule is CC(C)Oc1c(N)nsc1NCCCc1ncc[nH]1. The van der Waals surface area contributed by atoms with E-state index in [2.05, 4.69) is 19.7 Å². The number of nitrogens with two attached hydrogens (primary N) is 1. The van der Waals surface area contributed by atoms with Crippen molar-refractivity contribution in [3.8, 4) is 5.75 Å². The van der Waals surface area contributed by atoms with Gasteiger partial charge in [0, 0.05) is 25.4 Å². The zero-order valence-corrected chi connectivity index (χ0v) is 12.0. The Kier molecular flexibility index (Phi) is 4.62. The van der Waals surface area contributed by atoms with Crippen LogP contribution >= 0.6 is 11.5 Å². The lowest BCUT2D eigenvalue weighted by molar-refractivity contribution is 0.245. The molecule has 0 atom stereocenters.